The van der Waals surface area contributed by atoms with Gasteiger partial charge in [0.15, 0.2) is 6.61 Å². The summed E-state index contributed by atoms with van der Waals surface area (Å²) in [5.41, 5.74) is 2.78. The number of rotatable bonds is 4. The van der Waals surface area contributed by atoms with Crippen molar-refractivity contribution in [3.05, 3.63) is 71.9 Å². The summed E-state index contributed by atoms with van der Waals surface area (Å²) in [5.74, 6) is 0.695. The van der Waals surface area contributed by atoms with Crippen molar-refractivity contribution in [2.24, 2.45) is 0 Å². The van der Waals surface area contributed by atoms with Gasteiger partial charge in [0.1, 0.15) is 11.8 Å². The number of fused-ring (bicyclic) bond motifs is 1. The number of hydrogen-bond donors (Lipinski definition) is 0. The highest BCUT2D eigenvalue weighted by Crippen LogP contribution is 2.21. The predicted molar refractivity (Wildman–Crippen MR) is 88.2 cm³/mol. The average Bonchev–Trinajstić information content (AvgIpc) is 2.58. The lowest BCUT2D eigenvalue weighted by molar-refractivity contribution is 0.367. The van der Waals surface area contributed by atoms with Crippen LogP contribution in [0.3, 0.4) is 0 Å². The van der Waals surface area contributed by atoms with Crippen LogP contribution in [0.25, 0.3) is 23.1 Å². The maximum absolute atomic E-state index is 8.62. The average molecular weight is 286 g/mol. The second-order valence-electron chi connectivity index (χ2n) is 4.75. The van der Waals surface area contributed by atoms with Gasteiger partial charge in [0.05, 0.1) is 11.2 Å². The molecule has 106 valence electrons. The van der Waals surface area contributed by atoms with Crippen molar-refractivity contribution in [1.82, 2.24) is 4.98 Å². The lowest BCUT2D eigenvalue weighted by Gasteiger charge is -2.05. The number of benzene rings is 2. The number of aromatic nitrogens is 1. The van der Waals surface area contributed by atoms with Crippen LogP contribution in [0.4, 0.5) is 0 Å². The maximum Gasteiger partial charge on any atom is 0.174 e. The molecule has 1 heterocycles. The minimum atomic E-state index is 0.0408. The molecule has 0 radical (unpaired) electrons. The number of nitrogens with zero attached hydrogens (tertiary/aromatic N) is 2. The molecule has 0 fully saturated rings. The van der Waals surface area contributed by atoms with Gasteiger partial charge in [-0.3, -0.25) is 0 Å². The minimum Gasteiger partial charge on any atom is -0.478 e. The van der Waals surface area contributed by atoms with Crippen molar-refractivity contribution in [2.75, 3.05) is 6.61 Å². The summed E-state index contributed by atoms with van der Waals surface area (Å²) in [6.45, 7) is 0.0408. The lowest BCUT2D eigenvalue weighted by atomic mass is 10.1. The summed E-state index contributed by atoms with van der Waals surface area (Å²) in [6, 6.07) is 21.7. The van der Waals surface area contributed by atoms with Gasteiger partial charge in [0, 0.05) is 10.9 Å². The van der Waals surface area contributed by atoms with Crippen LogP contribution >= 0.6 is 0 Å². The van der Waals surface area contributed by atoms with Gasteiger partial charge >= 0.3 is 0 Å². The summed E-state index contributed by atoms with van der Waals surface area (Å²) in [5, 5.41) is 9.75. The molecule has 0 aliphatic heterocycles. The molecular formula is C19H14N2O. The van der Waals surface area contributed by atoms with Gasteiger partial charge in [-0.2, -0.15) is 5.26 Å². The quantitative estimate of drug-likeness (QED) is 0.718. The zero-order valence-corrected chi connectivity index (χ0v) is 11.9. The molecule has 3 rings (SSSR count). The molecule has 0 unspecified atom stereocenters. The molecule has 0 saturated carbocycles. The molecule has 22 heavy (non-hydrogen) atoms. The Hall–Kier alpha value is -3.12. The highest BCUT2D eigenvalue weighted by Gasteiger charge is 2.00. The molecular weight excluding hydrogens is 272 g/mol. The molecule has 3 nitrogen and oxygen atoms in total. The number of hydrogen-bond acceptors (Lipinski definition) is 3. The second-order valence-corrected chi connectivity index (χ2v) is 4.75. The molecule has 0 bridgehead atoms. The minimum absolute atomic E-state index is 0.0408. The normalized spacial score (nSPS) is 10.7. The van der Waals surface area contributed by atoms with Gasteiger partial charge in [0.2, 0.25) is 0 Å². The van der Waals surface area contributed by atoms with Crippen LogP contribution in [0.5, 0.6) is 5.75 Å². The van der Waals surface area contributed by atoms with Gasteiger partial charge in [-0.1, -0.05) is 42.5 Å². The van der Waals surface area contributed by atoms with Crippen LogP contribution in [0.15, 0.2) is 60.7 Å². The summed E-state index contributed by atoms with van der Waals surface area (Å²) < 4.78 is 5.41. The van der Waals surface area contributed by atoms with E-state index in [1.807, 2.05) is 72.8 Å². The van der Waals surface area contributed by atoms with Crippen LogP contribution in [-0.2, 0) is 0 Å². The number of ether oxygens (including phenoxy) is 1. The zero-order valence-electron chi connectivity index (χ0n) is 11.9. The van der Waals surface area contributed by atoms with E-state index in [0.717, 1.165) is 22.2 Å². The van der Waals surface area contributed by atoms with Crippen LogP contribution in [0, 0.1) is 11.3 Å². The third-order valence-corrected chi connectivity index (χ3v) is 3.26. The van der Waals surface area contributed by atoms with Crippen molar-refractivity contribution >= 4 is 23.1 Å². The predicted octanol–water partition coefficient (Wildman–Crippen LogP) is 4.31. The van der Waals surface area contributed by atoms with Gasteiger partial charge in [0.25, 0.3) is 0 Å². The highest BCUT2D eigenvalue weighted by atomic mass is 16.5. The topological polar surface area (TPSA) is 45.9 Å². The standard InChI is InChI=1S/C19H14N2O/c20-13-14-22-19-8-4-2-6-16(19)10-12-17-11-9-15-5-1-3-7-18(15)21-17/h1-12H,14H2. The third-order valence-electron chi connectivity index (χ3n) is 3.26. The van der Waals surface area contributed by atoms with Gasteiger partial charge in [-0.25, -0.2) is 4.98 Å². The van der Waals surface area contributed by atoms with E-state index < -0.39 is 0 Å². The number of nitriles is 1. The molecule has 2 aromatic carbocycles. The van der Waals surface area contributed by atoms with Crippen LogP contribution in [0.1, 0.15) is 11.3 Å². The van der Waals surface area contributed by atoms with Crippen molar-refractivity contribution in [1.29, 1.82) is 5.26 Å². The van der Waals surface area contributed by atoms with Crippen molar-refractivity contribution in [3.63, 3.8) is 0 Å². The Morgan fingerprint density at radius 1 is 0.955 bits per heavy atom. The number of para-hydroxylation sites is 2. The molecule has 0 amide bonds. The first-order chi connectivity index (χ1) is 10.9. The molecule has 0 aliphatic carbocycles. The van der Waals surface area contributed by atoms with E-state index in [2.05, 4.69) is 11.1 Å². The smallest absolute Gasteiger partial charge is 0.174 e. The molecule has 3 heteroatoms. The molecule has 0 atom stereocenters. The Morgan fingerprint density at radius 2 is 1.77 bits per heavy atom. The van der Waals surface area contributed by atoms with E-state index in [1.54, 1.807) is 0 Å². The molecule has 0 N–H and O–H groups in total. The van der Waals surface area contributed by atoms with Crippen molar-refractivity contribution in [2.45, 2.75) is 0 Å². The third kappa shape index (κ3) is 3.13. The van der Waals surface area contributed by atoms with E-state index in [1.165, 1.54) is 0 Å². The molecule has 0 aliphatic rings. The number of pyridine rings is 1. The van der Waals surface area contributed by atoms with E-state index in [0.29, 0.717) is 5.75 Å². The molecule has 0 spiro atoms. The second kappa shape index (κ2) is 6.55. The SMILES string of the molecule is N#CCOc1ccccc1C=Cc1ccc2ccccc2n1. The van der Waals surface area contributed by atoms with Gasteiger partial charge in [-0.05, 0) is 30.4 Å². The Bertz CT molecular complexity index is 862. The van der Waals surface area contributed by atoms with Crippen LogP contribution < -0.4 is 4.74 Å². The largest absolute Gasteiger partial charge is 0.478 e. The molecule has 1 aromatic heterocycles. The molecule has 0 saturated heterocycles. The van der Waals surface area contributed by atoms with Crippen molar-refractivity contribution in [3.8, 4) is 11.8 Å². The first-order valence-corrected chi connectivity index (χ1v) is 6.99. The van der Waals surface area contributed by atoms with Crippen LogP contribution in [0.2, 0.25) is 0 Å². The Morgan fingerprint density at radius 3 is 2.68 bits per heavy atom. The highest BCUT2D eigenvalue weighted by molar-refractivity contribution is 5.81. The summed E-state index contributed by atoms with van der Waals surface area (Å²) in [7, 11) is 0. The fraction of sp³-hybridized carbons (Fsp3) is 0.0526. The first kappa shape index (κ1) is 13.8. The fourth-order valence-electron chi connectivity index (χ4n) is 2.21. The fourth-order valence-corrected chi connectivity index (χ4v) is 2.21. The Balaban J connectivity index is 1.88. The Labute approximate surface area is 129 Å². The lowest BCUT2D eigenvalue weighted by Crippen LogP contribution is -1.95. The van der Waals surface area contributed by atoms with Gasteiger partial charge in [-0.15, -0.1) is 0 Å². The van der Waals surface area contributed by atoms with Crippen LogP contribution in [-0.4, -0.2) is 11.6 Å². The summed E-state index contributed by atoms with van der Waals surface area (Å²) in [6.07, 6.45) is 3.89. The van der Waals surface area contributed by atoms with E-state index in [9.17, 15) is 0 Å². The van der Waals surface area contributed by atoms with Crippen molar-refractivity contribution < 1.29 is 4.74 Å². The summed E-state index contributed by atoms with van der Waals surface area (Å²) >= 11 is 0. The van der Waals surface area contributed by atoms with E-state index in [-0.39, 0.29) is 6.61 Å². The first-order valence-electron chi connectivity index (χ1n) is 6.99. The monoisotopic (exact) mass is 286 g/mol. The Kier molecular flexibility index (Phi) is 4.12. The van der Waals surface area contributed by atoms with E-state index in [4.69, 9.17) is 10.00 Å². The molecule has 3 aromatic rings. The maximum atomic E-state index is 8.62. The van der Waals surface area contributed by atoms with Gasteiger partial charge < -0.3 is 4.74 Å². The zero-order chi connectivity index (χ0) is 15.2. The van der Waals surface area contributed by atoms with E-state index >= 15 is 0 Å². The summed E-state index contributed by atoms with van der Waals surface area (Å²) in [4.78, 5) is 4.60.